The normalized spacial score (nSPS) is 10.9. The maximum atomic E-state index is 11.1. The standard InChI is InChI=1S/C12H9N3O4/c16-11(17)5-7-4-8(15-14-7)6-1-2-10-9(3-6)13-12(18)19-10/h1-4H,5H2,(H,13,18)(H,14,15)(H,16,17). The van der Waals surface area contributed by atoms with Crippen molar-refractivity contribution in [2.24, 2.45) is 0 Å². The van der Waals surface area contributed by atoms with Crippen molar-refractivity contribution < 1.29 is 14.3 Å². The van der Waals surface area contributed by atoms with Crippen molar-refractivity contribution >= 4 is 17.1 Å². The van der Waals surface area contributed by atoms with Crippen LogP contribution in [0.1, 0.15) is 5.69 Å². The fraction of sp³-hybridized carbons (Fsp3) is 0.0833. The van der Waals surface area contributed by atoms with Gasteiger partial charge in [0.2, 0.25) is 0 Å². The molecule has 3 aromatic rings. The van der Waals surface area contributed by atoms with Gasteiger partial charge < -0.3 is 9.52 Å². The number of hydrogen-bond acceptors (Lipinski definition) is 4. The van der Waals surface area contributed by atoms with E-state index >= 15 is 0 Å². The second kappa shape index (κ2) is 4.13. The van der Waals surface area contributed by atoms with Crippen molar-refractivity contribution in [3.63, 3.8) is 0 Å². The number of carboxylic acids is 1. The van der Waals surface area contributed by atoms with Crippen molar-refractivity contribution in [3.8, 4) is 11.3 Å². The van der Waals surface area contributed by atoms with Crippen LogP contribution in [0.2, 0.25) is 0 Å². The second-order valence-electron chi connectivity index (χ2n) is 4.07. The fourth-order valence-electron chi connectivity index (χ4n) is 1.87. The van der Waals surface area contributed by atoms with Crippen LogP contribution in [0.4, 0.5) is 0 Å². The maximum Gasteiger partial charge on any atom is 0.417 e. The zero-order valence-electron chi connectivity index (χ0n) is 9.64. The number of aromatic nitrogens is 3. The Labute approximate surface area is 105 Å². The minimum atomic E-state index is -0.926. The Bertz CT molecular complexity index is 812. The van der Waals surface area contributed by atoms with Crippen molar-refractivity contribution in [2.45, 2.75) is 6.42 Å². The number of carboxylic acid groups (broad SMARTS) is 1. The highest BCUT2D eigenvalue weighted by Crippen LogP contribution is 2.21. The molecule has 2 heterocycles. The fourth-order valence-corrected chi connectivity index (χ4v) is 1.87. The van der Waals surface area contributed by atoms with E-state index in [0.29, 0.717) is 22.5 Å². The van der Waals surface area contributed by atoms with Gasteiger partial charge in [0.05, 0.1) is 17.6 Å². The summed E-state index contributed by atoms with van der Waals surface area (Å²) in [5.41, 5.74) is 2.93. The van der Waals surface area contributed by atoms with E-state index < -0.39 is 11.7 Å². The summed E-state index contributed by atoms with van der Waals surface area (Å²) < 4.78 is 4.90. The third-order valence-corrected chi connectivity index (χ3v) is 2.69. The molecule has 1 aromatic carbocycles. The molecular weight excluding hydrogens is 250 g/mol. The van der Waals surface area contributed by atoms with Crippen molar-refractivity contribution in [1.29, 1.82) is 0 Å². The summed E-state index contributed by atoms with van der Waals surface area (Å²) in [5, 5.41) is 15.4. The van der Waals surface area contributed by atoms with Crippen LogP contribution in [0.25, 0.3) is 22.4 Å². The van der Waals surface area contributed by atoms with Crippen LogP contribution in [0.3, 0.4) is 0 Å². The molecule has 2 aromatic heterocycles. The van der Waals surface area contributed by atoms with Gasteiger partial charge in [-0.25, -0.2) is 4.79 Å². The molecule has 0 spiro atoms. The summed E-state index contributed by atoms with van der Waals surface area (Å²) >= 11 is 0. The van der Waals surface area contributed by atoms with Crippen LogP contribution in [0.15, 0.2) is 33.5 Å². The van der Waals surface area contributed by atoms with E-state index in [-0.39, 0.29) is 6.42 Å². The van der Waals surface area contributed by atoms with E-state index in [1.165, 1.54) is 0 Å². The number of fused-ring (bicyclic) bond motifs is 1. The number of oxazole rings is 1. The smallest absolute Gasteiger partial charge is 0.417 e. The Hall–Kier alpha value is -2.83. The van der Waals surface area contributed by atoms with Gasteiger partial charge in [-0.15, -0.1) is 0 Å². The van der Waals surface area contributed by atoms with Crippen LogP contribution in [0.5, 0.6) is 0 Å². The molecule has 0 amide bonds. The predicted octanol–water partition coefficient (Wildman–Crippen LogP) is 1.14. The van der Waals surface area contributed by atoms with E-state index in [1.54, 1.807) is 24.3 Å². The van der Waals surface area contributed by atoms with E-state index in [1.807, 2.05) is 0 Å². The molecule has 0 unspecified atom stereocenters. The first-order chi connectivity index (χ1) is 9.11. The summed E-state index contributed by atoms with van der Waals surface area (Å²) in [6, 6.07) is 6.79. The lowest BCUT2D eigenvalue weighted by atomic mass is 10.1. The SMILES string of the molecule is O=C(O)Cc1cc(-c2ccc3oc(=O)[nH]c3c2)n[nH]1. The minimum Gasteiger partial charge on any atom is -0.481 e. The summed E-state index contributed by atoms with van der Waals surface area (Å²) in [4.78, 5) is 24.2. The summed E-state index contributed by atoms with van der Waals surface area (Å²) in [6.45, 7) is 0. The first kappa shape index (κ1) is 11.3. The lowest BCUT2D eigenvalue weighted by Crippen LogP contribution is -1.99. The molecule has 7 nitrogen and oxygen atoms in total. The number of nitrogens with zero attached hydrogens (tertiary/aromatic N) is 1. The number of aliphatic carboxylic acids is 1. The lowest BCUT2D eigenvalue weighted by Gasteiger charge is -1.94. The van der Waals surface area contributed by atoms with Crippen LogP contribution in [0, 0.1) is 0 Å². The van der Waals surface area contributed by atoms with Gasteiger partial charge in [-0.3, -0.25) is 14.9 Å². The zero-order chi connectivity index (χ0) is 13.4. The molecule has 96 valence electrons. The van der Waals surface area contributed by atoms with E-state index in [2.05, 4.69) is 15.2 Å². The third-order valence-electron chi connectivity index (χ3n) is 2.69. The van der Waals surface area contributed by atoms with Crippen molar-refractivity contribution in [2.75, 3.05) is 0 Å². The Kier molecular flexibility index (Phi) is 2.45. The van der Waals surface area contributed by atoms with E-state index in [0.717, 1.165) is 5.56 Å². The zero-order valence-corrected chi connectivity index (χ0v) is 9.64. The molecule has 0 atom stereocenters. The number of aromatic amines is 2. The average molecular weight is 259 g/mol. The first-order valence-electron chi connectivity index (χ1n) is 5.51. The van der Waals surface area contributed by atoms with Gasteiger partial charge in [-0.2, -0.15) is 5.10 Å². The molecule has 0 saturated carbocycles. The minimum absolute atomic E-state index is 0.113. The Morgan fingerprint density at radius 1 is 1.37 bits per heavy atom. The van der Waals surface area contributed by atoms with Gasteiger partial charge in [0, 0.05) is 11.3 Å². The van der Waals surface area contributed by atoms with Gasteiger partial charge in [-0.05, 0) is 24.3 Å². The third kappa shape index (κ3) is 2.13. The molecular formula is C12H9N3O4. The van der Waals surface area contributed by atoms with Crippen LogP contribution < -0.4 is 5.76 Å². The van der Waals surface area contributed by atoms with Crippen LogP contribution in [-0.4, -0.2) is 26.3 Å². The molecule has 3 rings (SSSR count). The Morgan fingerprint density at radius 2 is 2.21 bits per heavy atom. The highest BCUT2D eigenvalue weighted by Gasteiger charge is 2.09. The molecule has 0 aliphatic carbocycles. The van der Waals surface area contributed by atoms with Gasteiger partial charge in [0.1, 0.15) is 0 Å². The van der Waals surface area contributed by atoms with E-state index in [4.69, 9.17) is 9.52 Å². The second-order valence-corrected chi connectivity index (χ2v) is 4.07. The van der Waals surface area contributed by atoms with Crippen LogP contribution >= 0.6 is 0 Å². The lowest BCUT2D eigenvalue weighted by molar-refractivity contribution is -0.136. The number of carbonyl (C=O) groups is 1. The number of hydrogen-bond donors (Lipinski definition) is 3. The monoisotopic (exact) mass is 259 g/mol. The van der Waals surface area contributed by atoms with Gasteiger partial charge in [-0.1, -0.05) is 0 Å². The summed E-state index contributed by atoms with van der Waals surface area (Å²) in [5.74, 6) is -1.44. The molecule has 0 saturated heterocycles. The van der Waals surface area contributed by atoms with Gasteiger partial charge >= 0.3 is 11.7 Å². The average Bonchev–Trinajstić information content (AvgIpc) is 2.92. The topological polar surface area (TPSA) is 112 Å². The highest BCUT2D eigenvalue weighted by molar-refractivity contribution is 5.79. The summed E-state index contributed by atoms with van der Waals surface area (Å²) in [7, 11) is 0. The molecule has 0 radical (unpaired) electrons. The predicted molar refractivity (Wildman–Crippen MR) is 65.8 cm³/mol. The highest BCUT2D eigenvalue weighted by atomic mass is 16.4. The maximum absolute atomic E-state index is 11.1. The number of rotatable bonds is 3. The molecule has 0 aliphatic rings. The van der Waals surface area contributed by atoms with Crippen LogP contribution in [-0.2, 0) is 11.2 Å². The number of nitrogens with one attached hydrogen (secondary N) is 2. The molecule has 7 heteroatoms. The van der Waals surface area contributed by atoms with Gasteiger partial charge in [0.25, 0.3) is 0 Å². The molecule has 0 aliphatic heterocycles. The molecule has 19 heavy (non-hydrogen) atoms. The van der Waals surface area contributed by atoms with E-state index in [9.17, 15) is 9.59 Å². The molecule has 0 bridgehead atoms. The molecule has 0 fully saturated rings. The van der Waals surface area contributed by atoms with Crippen molar-refractivity contribution in [1.82, 2.24) is 15.2 Å². The molecule has 3 N–H and O–H groups in total. The Balaban J connectivity index is 2.01. The number of benzene rings is 1. The largest absolute Gasteiger partial charge is 0.481 e. The van der Waals surface area contributed by atoms with Gasteiger partial charge in [0.15, 0.2) is 5.58 Å². The number of H-pyrrole nitrogens is 2. The summed E-state index contributed by atoms with van der Waals surface area (Å²) in [6.07, 6.45) is -0.113. The first-order valence-corrected chi connectivity index (χ1v) is 5.51. The van der Waals surface area contributed by atoms with Crippen molar-refractivity contribution in [3.05, 3.63) is 40.5 Å². The quantitative estimate of drug-likeness (QED) is 0.652. The Morgan fingerprint density at radius 3 is 3.00 bits per heavy atom.